The predicted molar refractivity (Wildman–Crippen MR) is 123 cm³/mol. The molecule has 0 aliphatic heterocycles. The monoisotopic (exact) mass is 478 g/mol. The van der Waals surface area contributed by atoms with E-state index in [1.807, 2.05) is 6.92 Å². The summed E-state index contributed by atoms with van der Waals surface area (Å²) in [5, 5.41) is 5.52. The maximum atomic E-state index is 12.3. The molecule has 0 atom stereocenters. The van der Waals surface area contributed by atoms with E-state index < -0.39 is 0 Å². The molecular formula is C23H27ClN2O5S. The molecule has 0 unspecified atom stereocenters. The first-order valence-corrected chi connectivity index (χ1v) is 11.9. The van der Waals surface area contributed by atoms with E-state index in [4.69, 9.17) is 21.1 Å². The van der Waals surface area contributed by atoms with Gasteiger partial charge < -0.3 is 20.1 Å². The molecule has 0 bridgehead atoms. The molecule has 2 N–H and O–H groups in total. The molecule has 3 rings (SSSR count). The van der Waals surface area contributed by atoms with Gasteiger partial charge in [0.2, 0.25) is 0 Å². The van der Waals surface area contributed by atoms with Gasteiger partial charge in [-0.1, -0.05) is 11.6 Å². The molecule has 2 aromatic rings. The van der Waals surface area contributed by atoms with Gasteiger partial charge in [0.05, 0.1) is 27.8 Å². The summed E-state index contributed by atoms with van der Waals surface area (Å²) in [6.07, 6.45) is 3.19. The third kappa shape index (κ3) is 6.97. The second-order valence-electron chi connectivity index (χ2n) is 7.48. The van der Waals surface area contributed by atoms with Crippen molar-refractivity contribution in [3.05, 3.63) is 51.2 Å². The van der Waals surface area contributed by atoms with Crippen molar-refractivity contribution >= 4 is 40.7 Å². The van der Waals surface area contributed by atoms with E-state index in [0.717, 1.165) is 25.7 Å². The molecule has 1 saturated carbocycles. The zero-order valence-corrected chi connectivity index (χ0v) is 19.5. The zero-order valence-electron chi connectivity index (χ0n) is 17.9. The lowest BCUT2D eigenvalue weighted by Crippen LogP contribution is -2.34. The molecule has 32 heavy (non-hydrogen) atoms. The molecule has 1 aliphatic carbocycles. The van der Waals surface area contributed by atoms with Crippen LogP contribution in [0.15, 0.2) is 36.4 Å². The van der Waals surface area contributed by atoms with Crippen molar-refractivity contribution in [3.8, 4) is 5.75 Å². The van der Waals surface area contributed by atoms with Gasteiger partial charge in [-0.25, -0.2) is 0 Å². The van der Waals surface area contributed by atoms with Crippen LogP contribution in [0.5, 0.6) is 5.75 Å². The second kappa shape index (κ2) is 11.9. The first-order valence-electron chi connectivity index (χ1n) is 10.7. The van der Waals surface area contributed by atoms with Gasteiger partial charge in [-0.05, 0) is 69.0 Å². The van der Waals surface area contributed by atoms with Crippen molar-refractivity contribution in [2.24, 2.45) is 5.92 Å². The van der Waals surface area contributed by atoms with Crippen LogP contribution in [0.4, 0.5) is 0 Å². The van der Waals surface area contributed by atoms with Crippen LogP contribution < -0.4 is 15.4 Å². The average molecular weight is 479 g/mol. The van der Waals surface area contributed by atoms with Gasteiger partial charge in [0.15, 0.2) is 0 Å². The average Bonchev–Trinajstić information content (AvgIpc) is 3.24. The van der Waals surface area contributed by atoms with Crippen LogP contribution in [0.25, 0.3) is 0 Å². The predicted octanol–water partition coefficient (Wildman–Crippen LogP) is 4.06. The smallest absolute Gasteiger partial charge is 0.308 e. The van der Waals surface area contributed by atoms with E-state index in [2.05, 4.69) is 10.6 Å². The van der Waals surface area contributed by atoms with Gasteiger partial charge in [-0.3, -0.25) is 14.4 Å². The van der Waals surface area contributed by atoms with Gasteiger partial charge in [0.25, 0.3) is 11.8 Å². The van der Waals surface area contributed by atoms with Gasteiger partial charge >= 0.3 is 5.97 Å². The molecule has 1 fully saturated rings. The van der Waals surface area contributed by atoms with E-state index in [-0.39, 0.29) is 29.8 Å². The number of rotatable bonds is 9. The van der Waals surface area contributed by atoms with E-state index in [1.165, 1.54) is 11.3 Å². The standard InChI is InChI=1S/C23H27ClN2O5S/c1-2-30-23(29)16-5-9-18(10-6-16)31-17-7-3-15(4-8-17)21(27)25-13-14-26-22(28)19-11-12-20(24)32-19/h3-4,7-8,11-12,16,18H,2,5-6,9-10,13-14H2,1H3,(H,25,27)(H,26,28). The minimum atomic E-state index is -0.222. The molecule has 0 spiro atoms. The summed E-state index contributed by atoms with van der Waals surface area (Å²) >= 11 is 7.03. The summed E-state index contributed by atoms with van der Waals surface area (Å²) < 4.78 is 11.7. The Morgan fingerprint density at radius 3 is 2.22 bits per heavy atom. The molecule has 1 aromatic carbocycles. The lowest BCUT2D eigenvalue weighted by molar-refractivity contribution is -0.149. The minimum Gasteiger partial charge on any atom is -0.490 e. The third-order valence-electron chi connectivity index (χ3n) is 5.21. The Labute approximate surface area is 196 Å². The molecule has 2 amide bonds. The Kier molecular flexibility index (Phi) is 8.93. The lowest BCUT2D eigenvalue weighted by Gasteiger charge is -2.27. The number of ether oxygens (including phenoxy) is 2. The number of benzene rings is 1. The zero-order chi connectivity index (χ0) is 22.9. The normalized spacial score (nSPS) is 17.9. The number of amides is 2. The van der Waals surface area contributed by atoms with Gasteiger partial charge in [0, 0.05) is 18.7 Å². The Balaban J connectivity index is 1.37. The minimum absolute atomic E-state index is 0.0335. The van der Waals surface area contributed by atoms with Crippen molar-refractivity contribution in [3.63, 3.8) is 0 Å². The maximum Gasteiger partial charge on any atom is 0.308 e. The van der Waals surface area contributed by atoms with Gasteiger partial charge in [-0.2, -0.15) is 0 Å². The summed E-state index contributed by atoms with van der Waals surface area (Å²) in [4.78, 5) is 36.6. The van der Waals surface area contributed by atoms with E-state index in [0.29, 0.717) is 40.2 Å². The summed E-state index contributed by atoms with van der Waals surface area (Å²) in [6.45, 7) is 2.85. The van der Waals surface area contributed by atoms with Crippen molar-refractivity contribution in [2.45, 2.75) is 38.7 Å². The maximum absolute atomic E-state index is 12.3. The fourth-order valence-corrected chi connectivity index (χ4v) is 4.49. The first-order chi connectivity index (χ1) is 15.5. The molecule has 0 radical (unpaired) electrons. The number of carbonyl (C=O) groups excluding carboxylic acids is 3. The SMILES string of the molecule is CCOC(=O)C1CCC(Oc2ccc(C(=O)NCCNC(=O)c3ccc(Cl)s3)cc2)CC1. The number of esters is 1. The van der Waals surface area contributed by atoms with E-state index >= 15 is 0 Å². The highest BCUT2D eigenvalue weighted by atomic mass is 35.5. The van der Waals surface area contributed by atoms with Crippen molar-refractivity contribution in [2.75, 3.05) is 19.7 Å². The molecule has 1 heterocycles. The topological polar surface area (TPSA) is 93.7 Å². The van der Waals surface area contributed by atoms with Crippen LogP contribution >= 0.6 is 22.9 Å². The van der Waals surface area contributed by atoms with Crippen LogP contribution in [0.1, 0.15) is 52.6 Å². The highest BCUT2D eigenvalue weighted by Crippen LogP contribution is 2.28. The van der Waals surface area contributed by atoms with Crippen LogP contribution in [0.3, 0.4) is 0 Å². The van der Waals surface area contributed by atoms with Crippen LogP contribution in [-0.4, -0.2) is 43.6 Å². The molecule has 1 aromatic heterocycles. The first kappa shape index (κ1) is 24.1. The molecular weight excluding hydrogens is 452 g/mol. The van der Waals surface area contributed by atoms with Gasteiger partial charge in [0.1, 0.15) is 5.75 Å². The van der Waals surface area contributed by atoms with Gasteiger partial charge in [-0.15, -0.1) is 11.3 Å². The van der Waals surface area contributed by atoms with Crippen LogP contribution in [0.2, 0.25) is 4.34 Å². The van der Waals surface area contributed by atoms with Crippen LogP contribution in [0, 0.1) is 5.92 Å². The van der Waals surface area contributed by atoms with E-state index in [1.54, 1.807) is 36.4 Å². The second-order valence-corrected chi connectivity index (χ2v) is 9.20. The number of carbonyl (C=O) groups is 3. The van der Waals surface area contributed by atoms with Crippen molar-refractivity contribution in [1.29, 1.82) is 0 Å². The third-order valence-corrected chi connectivity index (χ3v) is 6.44. The number of nitrogens with one attached hydrogen (secondary N) is 2. The Bertz CT molecular complexity index is 923. The molecule has 9 heteroatoms. The molecule has 1 aliphatic rings. The summed E-state index contributed by atoms with van der Waals surface area (Å²) in [7, 11) is 0. The van der Waals surface area contributed by atoms with Crippen LogP contribution in [-0.2, 0) is 9.53 Å². The highest BCUT2D eigenvalue weighted by molar-refractivity contribution is 7.17. The largest absolute Gasteiger partial charge is 0.490 e. The number of thiophene rings is 1. The molecule has 172 valence electrons. The van der Waals surface area contributed by atoms with Crippen molar-refractivity contribution in [1.82, 2.24) is 10.6 Å². The Hall–Kier alpha value is -2.58. The fourth-order valence-electron chi connectivity index (χ4n) is 3.53. The fraction of sp³-hybridized carbons (Fsp3) is 0.435. The summed E-state index contributed by atoms with van der Waals surface area (Å²) in [6, 6.07) is 10.3. The Morgan fingerprint density at radius 2 is 1.62 bits per heavy atom. The molecule has 0 saturated heterocycles. The summed E-state index contributed by atoms with van der Waals surface area (Å²) in [5.74, 6) is 0.113. The number of hydrogen-bond acceptors (Lipinski definition) is 6. The number of halogens is 1. The summed E-state index contributed by atoms with van der Waals surface area (Å²) in [5.41, 5.74) is 0.514. The highest BCUT2D eigenvalue weighted by Gasteiger charge is 2.28. The van der Waals surface area contributed by atoms with Crippen molar-refractivity contribution < 1.29 is 23.9 Å². The van der Waals surface area contributed by atoms with E-state index in [9.17, 15) is 14.4 Å². The quantitative estimate of drug-likeness (QED) is 0.418. The molecule has 7 nitrogen and oxygen atoms in total. The number of hydrogen-bond donors (Lipinski definition) is 2. The Morgan fingerprint density at radius 1 is 0.969 bits per heavy atom. The lowest BCUT2D eigenvalue weighted by atomic mass is 9.87.